The highest BCUT2D eigenvalue weighted by Crippen LogP contribution is 2.37. The molecule has 0 aliphatic carbocycles. The van der Waals surface area contributed by atoms with Crippen molar-refractivity contribution < 1.29 is 8.78 Å². The van der Waals surface area contributed by atoms with Gasteiger partial charge >= 0.3 is 0 Å². The Labute approximate surface area is 91.5 Å². The number of rotatable bonds is 3. The molecule has 1 aromatic carbocycles. The molecule has 0 saturated carbocycles. The van der Waals surface area contributed by atoms with Gasteiger partial charge in [0.05, 0.1) is 6.07 Å². The number of para-hydroxylation sites is 1. The van der Waals surface area contributed by atoms with Crippen LogP contribution in [0.4, 0.5) is 8.78 Å². The molecule has 1 heterocycles. The first kappa shape index (κ1) is 10.6. The molecule has 1 N–H and O–H groups in total. The summed E-state index contributed by atoms with van der Waals surface area (Å²) < 4.78 is 27.5. The molecule has 2 aromatic rings. The van der Waals surface area contributed by atoms with Gasteiger partial charge in [0.1, 0.15) is 0 Å². The highest BCUT2D eigenvalue weighted by atomic mass is 19.3. The van der Waals surface area contributed by atoms with Crippen molar-refractivity contribution in [1.29, 1.82) is 5.26 Å². The van der Waals surface area contributed by atoms with Gasteiger partial charge in [-0.3, -0.25) is 0 Å². The Hall–Kier alpha value is -1.89. The average molecular weight is 220 g/mol. The first-order valence-corrected chi connectivity index (χ1v) is 4.96. The summed E-state index contributed by atoms with van der Waals surface area (Å²) in [6, 6.07) is 8.66. The van der Waals surface area contributed by atoms with Crippen LogP contribution in [0.3, 0.4) is 0 Å². The number of fused-ring (bicyclic) bond motifs is 1. The van der Waals surface area contributed by atoms with E-state index in [1.165, 1.54) is 6.20 Å². The molecule has 0 radical (unpaired) electrons. The molecular weight excluding hydrogens is 210 g/mol. The highest BCUT2D eigenvalue weighted by molar-refractivity contribution is 5.83. The molecule has 4 heteroatoms. The van der Waals surface area contributed by atoms with E-state index in [0.717, 1.165) is 0 Å². The van der Waals surface area contributed by atoms with Gasteiger partial charge in [0, 0.05) is 35.5 Å². The van der Waals surface area contributed by atoms with Crippen molar-refractivity contribution >= 4 is 10.9 Å². The Bertz CT molecular complexity index is 537. The van der Waals surface area contributed by atoms with E-state index in [1.54, 1.807) is 30.3 Å². The van der Waals surface area contributed by atoms with E-state index in [1.807, 2.05) is 0 Å². The number of H-pyrrole nitrogens is 1. The molecule has 16 heavy (non-hydrogen) atoms. The number of hydrogen-bond donors (Lipinski definition) is 1. The van der Waals surface area contributed by atoms with Gasteiger partial charge < -0.3 is 4.98 Å². The first-order valence-electron chi connectivity index (χ1n) is 4.96. The fraction of sp³-hybridized carbons (Fsp3) is 0.250. The predicted molar refractivity (Wildman–Crippen MR) is 57.0 cm³/mol. The third kappa shape index (κ3) is 1.76. The summed E-state index contributed by atoms with van der Waals surface area (Å²) in [6.07, 6.45) is 0.736. The maximum Gasteiger partial charge on any atom is 0.276 e. The van der Waals surface area contributed by atoms with Crippen molar-refractivity contribution in [2.24, 2.45) is 0 Å². The van der Waals surface area contributed by atoms with Crippen molar-refractivity contribution in [2.45, 2.75) is 18.8 Å². The lowest BCUT2D eigenvalue weighted by atomic mass is 10.0. The standard InChI is InChI=1S/C12H10F2N2/c13-12(14,6-3-7-15)10-8-16-11-5-2-1-4-9(10)11/h1-2,4-5,8,16H,3,6H2. The fourth-order valence-corrected chi connectivity index (χ4v) is 1.72. The third-order valence-electron chi connectivity index (χ3n) is 2.53. The molecule has 0 aliphatic rings. The van der Waals surface area contributed by atoms with Crippen LogP contribution in [-0.2, 0) is 5.92 Å². The second-order valence-electron chi connectivity index (χ2n) is 3.61. The zero-order chi connectivity index (χ0) is 11.6. The minimum absolute atomic E-state index is 0.0293. The summed E-state index contributed by atoms with van der Waals surface area (Å²) in [7, 11) is 0. The molecule has 0 saturated heterocycles. The molecule has 0 unspecified atom stereocenters. The Morgan fingerprint density at radius 3 is 2.81 bits per heavy atom. The summed E-state index contributed by atoms with van der Waals surface area (Å²) >= 11 is 0. The van der Waals surface area contributed by atoms with E-state index in [2.05, 4.69) is 4.98 Å². The van der Waals surface area contributed by atoms with E-state index in [4.69, 9.17) is 5.26 Å². The van der Waals surface area contributed by atoms with Crippen molar-refractivity contribution in [3.8, 4) is 6.07 Å². The molecule has 2 nitrogen and oxygen atoms in total. The van der Waals surface area contributed by atoms with Gasteiger partial charge in [0.25, 0.3) is 5.92 Å². The van der Waals surface area contributed by atoms with Gasteiger partial charge in [-0.2, -0.15) is 5.26 Å². The van der Waals surface area contributed by atoms with Crippen molar-refractivity contribution in [2.75, 3.05) is 0 Å². The normalized spacial score (nSPS) is 11.6. The smallest absolute Gasteiger partial charge is 0.276 e. The van der Waals surface area contributed by atoms with E-state index in [0.29, 0.717) is 10.9 Å². The largest absolute Gasteiger partial charge is 0.361 e. The summed E-state index contributed by atoms with van der Waals surface area (Å²) in [5.41, 5.74) is 0.660. The predicted octanol–water partition coefficient (Wildman–Crippen LogP) is 3.56. The molecule has 2 rings (SSSR count). The van der Waals surface area contributed by atoms with E-state index in [9.17, 15) is 8.78 Å². The van der Waals surface area contributed by atoms with Crippen molar-refractivity contribution in [3.05, 3.63) is 36.0 Å². The number of halogens is 2. The number of nitriles is 1. The number of aromatic nitrogens is 1. The number of nitrogens with one attached hydrogen (secondary N) is 1. The summed E-state index contributed by atoms with van der Waals surface area (Å²) in [5, 5.41) is 8.87. The maximum absolute atomic E-state index is 13.7. The van der Waals surface area contributed by atoms with Crippen molar-refractivity contribution in [3.63, 3.8) is 0 Å². The van der Waals surface area contributed by atoms with Crippen molar-refractivity contribution in [1.82, 2.24) is 4.98 Å². The van der Waals surface area contributed by atoms with E-state index in [-0.39, 0.29) is 12.0 Å². The molecular formula is C12H10F2N2. The first-order chi connectivity index (χ1) is 7.65. The number of hydrogen-bond acceptors (Lipinski definition) is 1. The zero-order valence-corrected chi connectivity index (χ0v) is 8.50. The van der Waals surface area contributed by atoms with E-state index >= 15 is 0 Å². The van der Waals surface area contributed by atoms with Crippen LogP contribution in [0.15, 0.2) is 30.5 Å². The summed E-state index contributed by atoms with van der Waals surface area (Å²) in [6.45, 7) is 0. The van der Waals surface area contributed by atoms with Crippen LogP contribution < -0.4 is 0 Å². The summed E-state index contributed by atoms with van der Waals surface area (Å²) in [4.78, 5) is 2.81. The van der Waals surface area contributed by atoms with Gasteiger partial charge in [0.15, 0.2) is 0 Å². The molecule has 0 aliphatic heterocycles. The Balaban J connectivity index is 2.43. The van der Waals surface area contributed by atoms with Crippen LogP contribution >= 0.6 is 0 Å². The molecule has 0 fully saturated rings. The molecule has 0 atom stereocenters. The number of benzene rings is 1. The minimum atomic E-state index is -2.95. The molecule has 0 bridgehead atoms. The van der Waals surface area contributed by atoms with Gasteiger partial charge in [-0.15, -0.1) is 0 Å². The number of alkyl halides is 2. The molecule has 1 aromatic heterocycles. The number of aromatic amines is 1. The van der Waals surface area contributed by atoms with Gasteiger partial charge in [0.2, 0.25) is 0 Å². The van der Waals surface area contributed by atoms with Gasteiger partial charge in [-0.25, -0.2) is 8.78 Å². The van der Waals surface area contributed by atoms with E-state index < -0.39 is 12.3 Å². The Morgan fingerprint density at radius 2 is 2.06 bits per heavy atom. The minimum Gasteiger partial charge on any atom is -0.361 e. The topological polar surface area (TPSA) is 39.6 Å². The van der Waals surface area contributed by atoms with Gasteiger partial charge in [-0.1, -0.05) is 18.2 Å². The Kier molecular flexibility index (Phi) is 2.61. The monoisotopic (exact) mass is 220 g/mol. The molecule has 0 spiro atoms. The lowest BCUT2D eigenvalue weighted by Gasteiger charge is -2.13. The molecule has 0 amide bonds. The zero-order valence-electron chi connectivity index (χ0n) is 8.50. The van der Waals surface area contributed by atoms with Crippen LogP contribution in [0.1, 0.15) is 18.4 Å². The third-order valence-corrected chi connectivity index (χ3v) is 2.53. The fourth-order valence-electron chi connectivity index (χ4n) is 1.72. The maximum atomic E-state index is 13.7. The SMILES string of the molecule is N#CCCC(F)(F)c1c[nH]c2ccccc12. The number of nitrogens with zero attached hydrogens (tertiary/aromatic N) is 1. The van der Waals surface area contributed by atoms with Crippen LogP contribution in [-0.4, -0.2) is 4.98 Å². The second-order valence-corrected chi connectivity index (χ2v) is 3.61. The van der Waals surface area contributed by atoms with Crippen LogP contribution in [0.5, 0.6) is 0 Å². The second kappa shape index (κ2) is 3.93. The van der Waals surface area contributed by atoms with Crippen LogP contribution in [0.2, 0.25) is 0 Å². The van der Waals surface area contributed by atoms with Gasteiger partial charge in [-0.05, 0) is 6.07 Å². The lowest BCUT2D eigenvalue weighted by Crippen LogP contribution is -2.12. The summed E-state index contributed by atoms with van der Waals surface area (Å²) in [5.74, 6) is -2.95. The molecule has 82 valence electrons. The quantitative estimate of drug-likeness (QED) is 0.843. The Morgan fingerprint density at radius 1 is 1.31 bits per heavy atom. The van der Waals surface area contributed by atoms with Crippen LogP contribution in [0, 0.1) is 11.3 Å². The lowest BCUT2D eigenvalue weighted by molar-refractivity contribution is -0.0104. The average Bonchev–Trinajstić information content (AvgIpc) is 2.71. The highest BCUT2D eigenvalue weighted by Gasteiger charge is 2.33. The van der Waals surface area contributed by atoms with Crippen LogP contribution in [0.25, 0.3) is 10.9 Å².